The number of nitrogens with one attached hydrogen (secondary N) is 3. The van der Waals surface area contributed by atoms with Crippen molar-refractivity contribution in [3.63, 3.8) is 0 Å². The van der Waals surface area contributed by atoms with Crippen LogP contribution in [0.3, 0.4) is 0 Å². The Morgan fingerprint density at radius 1 is 1.04 bits per heavy atom. The van der Waals surface area contributed by atoms with Crippen LogP contribution in [0.4, 0.5) is 5.69 Å². The number of benzene rings is 2. The molecule has 0 heterocycles. The van der Waals surface area contributed by atoms with E-state index in [0.717, 1.165) is 0 Å². The van der Waals surface area contributed by atoms with Crippen molar-refractivity contribution < 1.29 is 13.2 Å². The molecular formula is C17H17Cl2N3O3S2. The van der Waals surface area contributed by atoms with E-state index in [9.17, 15) is 13.2 Å². The average Bonchev–Trinajstić information content (AvgIpc) is 2.53. The van der Waals surface area contributed by atoms with Gasteiger partial charge in [-0.1, -0.05) is 23.2 Å². The quantitative estimate of drug-likeness (QED) is 0.609. The number of hydrogen-bond donors (Lipinski definition) is 3. The molecule has 2 aromatic rings. The molecule has 0 fully saturated rings. The number of halogens is 2. The monoisotopic (exact) mass is 445 g/mol. The highest BCUT2D eigenvalue weighted by Gasteiger charge is 2.15. The van der Waals surface area contributed by atoms with E-state index in [0.29, 0.717) is 15.7 Å². The minimum atomic E-state index is -3.57. The zero-order chi connectivity index (χ0) is 20.2. The van der Waals surface area contributed by atoms with E-state index < -0.39 is 15.9 Å². The molecule has 3 N–H and O–H groups in total. The summed E-state index contributed by atoms with van der Waals surface area (Å²) in [5.41, 5.74) is 0.783. The van der Waals surface area contributed by atoms with Crippen molar-refractivity contribution in [1.29, 1.82) is 0 Å². The predicted octanol–water partition coefficient (Wildman–Crippen LogP) is 3.81. The van der Waals surface area contributed by atoms with Gasteiger partial charge in [0.1, 0.15) is 0 Å². The molecule has 0 saturated carbocycles. The second-order valence-electron chi connectivity index (χ2n) is 5.87. The molecule has 0 aromatic heterocycles. The first-order chi connectivity index (χ1) is 12.6. The van der Waals surface area contributed by atoms with Crippen LogP contribution in [0.15, 0.2) is 47.4 Å². The third-order valence-corrected chi connectivity index (χ3v) is 5.48. The number of hydrogen-bond acceptors (Lipinski definition) is 4. The smallest absolute Gasteiger partial charge is 0.257 e. The maximum Gasteiger partial charge on any atom is 0.257 e. The van der Waals surface area contributed by atoms with Gasteiger partial charge in [0.05, 0.1) is 4.90 Å². The van der Waals surface area contributed by atoms with Gasteiger partial charge in [0.2, 0.25) is 10.0 Å². The lowest BCUT2D eigenvalue weighted by molar-refractivity contribution is 0.0977. The predicted molar refractivity (Wildman–Crippen MR) is 112 cm³/mol. The number of carbonyl (C=O) groups is 1. The molecule has 144 valence electrons. The van der Waals surface area contributed by atoms with Gasteiger partial charge in [-0.25, -0.2) is 13.1 Å². The van der Waals surface area contributed by atoms with Crippen molar-refractivity contribution in [2.45, 2.75) is 24.8 Å². The third-order valence-electron chi connectivity index (χ3n) is 3.17. The Hall–Kier alpha value is -1.71. The van der Waals surface area contributed by atoms with Crippen LogP contribution in [-0.4, -0.2) is 25.5 Å². The number of thiocarbonyl (C=S) groups is 1. The lowest BCUT2D eigenvalue weighted by Crippen LogP contribution is -2.34. The minimum absolute atomic E-state index is 0.0482. The Kier molecular flexibility index (Phi) is 7.19. The van der Waals surface area contributed by atoms with Crippen molar-refractivity contribution in [1.82, 2.24) is 10.0 Å². The van der Waals surface area contributed by atoms with E-state index in [1.165, 1.54) is 30.3 Å². The first-order valence-corrected chi connectivity index (χ1v) is 10.4. The summed E-state index contributed by atoms with van der Waals surface area (Å²) in [6.45, 7) is 3.48. The lowest BCUT2D eigenvalue weighted by atomic mass is 10.2. The van der Waals surface area contributed by atoms with Crippen molar-refractivity contribution >= 4 is 62.2 Å². The molecule has 0 unspecified atom stereocenters. The van der Waals surface area contributed by atoms with Crippen molar-refractivity contribution in [3.05, 3.63) is 58.1 Å². The van der Waals surface area contributed by atoms with Crippen LogP contribution >= 0.6 is 35.4 Å². The Morgan fingerprint density at radius 2 is 1.59 bits per heavy atom. The Balaban J connectivity index is 2.02. The standard InChI is InChI=1S/C17H17Cl2N3O3S2/c1-10(2)22-27(24,25)15-5-3-14(4-6-15)20-17(26)21-16(23)11-7-12(18)9-13(19)8-11/h3-10,22H,1-2H3,(H2,20,21,23,26). The third kappa shape index (κ3) is 6.44. The van der Waals surface area contributed by atoms with Gasteiger partial charge in [0, 0.05) is 27.3 Å². The molecule has 0 aliphatic heterocycles. The van der Waals surface area contributed by atoms with Gasteiger partial charge < -0.3 is 5.32 Å². The van der Waals surface area contributed by atoms with Crippen LogP contribution < -0.4 is 15.4 Å². The summed E-state index contributed by atoms with van der Waals surface area (Å²) in [5.74, 6) is -0.475. The molecule has 2 aromatic carbocycles. The molecule has 27 heavy (non-hydrogen) atoms. The Labute approximate surface area is 173 Å². The lowest BCUT2D eigenvalue weighted by Gasteiger charge is -2.12. The van der Waals surface area contributed by atoms with E-state index in [2.05, 4.69) is 15.4 Å². The molecular weight excluding hydrogens is 429 g/mol. The summed E-state index contributed by atoms with van der Waals surface area (Å²) in [6, 6.07) is 10.2. The fourth-order valence-corrected chi connectivity index (χ4v) is 4.11. The molecule has 0 atom stereocenters. The van der Waals surface area contributed by atoms with Crippen molar-refractivity contribution in [3.8, 4) is 0 Å². The number of amides is 1. The minimum Gasteiger partial charge on any atom is -0.332 e. The first kappa shape index (κ1) is 21.6. The van der Waals surface area contributed by atoms with Gasteiger partial charge in [-0.15, -0.1) is 0 Å². The topological polar surface area (TPSA) is 87.3 Å². The van der Waals surface area contributed by atoms with Crippen LogP contribution in [0.2, 0.25) is 10.0 Å². The van der Waals surface area contributed by atoms with Gasteiger partial charge in [-0.05, 0) is 68.5 Å². The van der Waals surface area contributed by atoms with E-state index in [-0.39, 0.29) is 21.6 Å². The van der Waals surface area contributed by atoms with Crippen molar-refractivity contribution in [2.24, 2.45) is 0 Å². The number of carbonyl (C=O) groups excluding carboxylic acids is 1. The van der Waals surface area contributed by atoms with Crippen LogP contribution in [0.5, 0.6) is 0 Å². The Morgan fingerprint density at radius 3 is 2.11 bits per heavy atom. The fourth-order valence-electron chi connectivity index (χ4n) is 2.12. The van der Waals surface area contributed by atoms with E-state index in [1.807, 2.05) is 0 Å². The highest BCUT2D eigenvalue weighted by atomic mass is 35.5. The summed E-state index contributed by atoms with van der Waals surface area (Å²) >= 11 is 16.9. The van der Waals surface area contributed by atoms with Crippen LogP contribution in [0, 0.1) is 0 Å². The Bertz CT molecular complexity index is 942. The second kappa shape index (κ2) is 8.99. The molecule has 0 radical (unpaired) electrons. The molecule has 1 amide bonds. The largest absolute Gasteiger partial charge is 0.332 e. The van der Waals surface area contributed by atoms with E-state index in [4.69, 9.17) is 35.4 Å². The van der Waals surface area contributed by atoms with Crippen LogP contribution in [-0.2, 0) is 10.0 Å². The van der Waals surface area contributed by atoms with Gasteiger partial charge >= 0.3 is 0 Å². The zero-order valence-corrected chi connectivity index (χ0v) is 17.6. The molecule has 0 aliphatic carbocycles. The summed E-state index contributed by atoms with van der Waals surface area (Å²) < 4.78 is 26.7. The molecule has 6 nitrogen and oxygen atoms in total. The van der Waals surface area contributed by atoms with Crippen LogP contribution in [0.25, 0.3) is 0 Å². The maximum atomic E-state index is 12.2. The molecule has 2 rings (SSSR count). The van der Waals surface area contributed by atoms with E-state index >= 15 is 0 Å². The van der Waals surface area contributed by atoms with Gasteiger partial charge in [-0.2, -0.15) is 0 Å². The number of sulfonamides is 1. The fraction of sp³-hybridized carbons (Fsp3) is 0.176. The van der Waals surface area contributed by atoms with Gasteiger partial charge in [-0.3, -0.25) is 10.1 Å². The maximum absolute atomic E-state index is 12.2. The van der Waals surface area contributed by atoms with Crippen LogP contribution in [0.1, 0.15) is 24.2 Å². The highest BCUT2D eigenvalue weighted by Crippen LogP contribution is 2.19. The molecule has 0 bridgehead atoms. The van der Waals surface area contributed by atoms with Gasteiger partial charge in [0.25, 0.3) is 5.91 Å². The van der Waals surface area contributed by atoms with Gasteiger partial charge in [0.15, 0.2) is 5.11 Å². The normalized spacial score (nSPS) is 11.3. The SMILES string of the molecule is CC(C)NS(=O)(=O)c1ccc(NC(=S)NC(=O)c2cc(Cl)cc(Cl)c2)cc1. The first-order valence-electron chi connectivity index (χ1n) is 7.77. The number of rotatable bonds is 5. The molecule has 10 heteroatoms. The summed E-state index contributed by atoms with van der Waals surface area (Å²) in [7, 11) is -3.57. The zero-order valence-electron chi connectivity index (χ0n) is 14.4. The summed E-state index contributed by atoms with van der Waals surface area (Å²) in [6.07, 6.45) is 0. The van der Waals surface area contributed by atoms with Crippen molar-refractivity contribution in [2.75, 3.05) is 5.32 Å². The second-order valence-corrected chi connectivity index (χ2v) is 8.86. The highest BCUT2D eigenvalue weighted by molar-refractivity contribution is 7.89. The molecule has 0 aliphatic rings. The average molecular weight is 446 g/mol. The molecule has 0 spiro atoms. The van der Waals surface area contributed by atoms with E-state index in [1.54, 1.807) is 26.0 Å². The number of anilines is 1. The summed E-state index contributed by atoms with van der Waals surface area (Å²) in [5, 5.41) is 6.02. The molecule has 0 saturated heterocycles. The summed E-state index contributed by atoms with van der Waals surface area (Å²) in [4.78, 5) is 12.3.